The zero-order chi connectivity index (χ0) is 19.5. The lowest BCUT2D eigenvalue weighted by atomic mass is 10.0. The first kappa shape index (κ1) is 18.1. The van der Waals surface area contributed by atoms with Crippen molar-refractivity contribution in [1.29, 1.82) is 0 Å². The molecule has 0 aromatic heterocycles. The van der Waals surface area contributed by atoms with Crippen LogP contribution < -0.4 is 15.0 Å². The SMILES string of the molecule is COc1ccc(C)cc1NC(=O)[C@H](c1ccccc1)N1CCc2ccccc21. The summed E-state index contributed by atoms with van der Waals surface area (Å²) in [5.41, 5.74) is 5.15. The Bertz CT molecular complexity index is 985. The Morgan fingerprint density at radius 3 is 2.57 bits per heavy atom. The zero-order valence-electron chi connectivity index (χ0n) is 16.2. The second-order valence-corrected chi connectivity index (χ2v) is 7.08. The number of hydrogen-bond donors (Lipinski definition) is 1. The van der Waals surface area contributed by atoms with Crippen molar-refractivity contribution in [2.45, 2.75) is 19.4 Å². The summed E-state index contributed by atoms with van der Waals surface area (Å²) < 4.78 is 5.44. The second-order valence-electron chi connectivity index (χ2n) is 7.08. The van der Waals surface area contributed by atoms with Gasteiger partial charge >= 0.3 is 0 Å². The number of nitrogens with one attached hydrogen (secondary N) is 1. The van der Waals surface area contributed by atoms with Gasteiger partial charge in [0.2, 0.25) is 0 Å². The van der Waals surface area contributed by atoms with Gasteiger partial charge in [-0.3, -0.25) is 4.79 Å². The Balaban J connectivity index is 1.71. The molecule has 3 aromatic rings. The maximum absolute atomic E-state index is 13.5. The predicted octanol–water partition coefficient (Wildman–Crippen LogP) is 4.75. The molecule has 28 heavy (non-hydrogen) atoms. The number of methoxy groups -OCH3 is 1. The van der Waals surface area contributed by atoms with Crippen molar-refractivity contribution in [3.8, 4) is 5.75 Å². The summed E-state index contributed by atoms with van der Waals surface area (Å²) in [5.74, 6) is 0.597. The van der Waals surface area contributed by atoms with Gasteiger partial charge in [-0.05, 0) is 48.2 Å². The summed E-state index contributed by atoms with van der Waals surface area (Å²) in [5, 5.41) is 3.10. The molecule has 0 saturated carbocycles. The van der Waals surface area contributed by atoms with Crippen molar-refractivity contribution >= 4 is 17.3 Å². The van der Waals surface area contributed by atoms with Crippen LogP contribution in [0.1, 0.15) is 22.7 Å². The van der Waals surface area contributed by atoms with Crippen LogP contribution in [-0.2, 0) is 11.2 Å². The molecule has 0 saturated heterocycles. The third-order valence-corrected chi connectivity index (χ3v) is 5.21. The fraction of sp³-hybridized carbons (Fsp3) is 0.208. The average molecular weight is 372 g/mol. The highest BCUT2D eigenvalue weighted by Gasteiger charge is 2.32. The molecule has 4 heteroatoms. The van der Waals surface area contributed by atoms with E-state index in [1.807, 2.05) is 61.5 Å². The van der Waals surface area contributed by atoms with Crippen molar-refractivity contribution in [2.24, 2.45) is 0 Å². The number of benzene rings is 3. The molecule has 4 nitrogen and oxygen atoms in total. The number of carbonyl (C=O) groups excluding carboxylic acids is 1. The number of nitrogens with zero attached hydrogens (tertiary/aromatic N) is 1. The average Bonchev–Trinajstić information content (AvgIpc) is 3.13. The van der Waals surface area contributed by atoms with E-state index in [9.17, 15) is 4.79 Å². The van der Waals surface area contributed by atoms with Gasteiger partial charge in [-0.2, -0.15) is 0 Å². The van der Waals surface area contributed by atoms with Crippen LogP contribution in [0.2, 0.25) is 0 Å². The number of fused-ring (bicyclic) bond motifs is 1. The molecular formula is C24H24N2O2. The number of carbonyl (C=O) groups is 1. The van der Waals surface area contributed by atoms with E-state index in [0.29, 0.717) is 11.4 Å². The third-order valence-electron chi connectivity index (χ3n) is 5.21. The van der Waals surface area contributed by atoms with Crippen molar-refractivity contribution in [3.05, 3.63) is 89.5 Å². The molecule has 0 fully saturated rings. The molecule has 3 aromatic carbocycles. The molecule has 1 N–H and O–H groups in total. The van der Waals surface area contributed by atoms with Gasteiger partial charge in [0.05, 0.1) is 12.8 Å². The molecule has 0 spiro atoms. The largest absolute Gasteiger partial charge is 0.495 e. The molecule has 0 unspecified atom stereocenters. The normalized spacial score (nSPS) is 13.7. The first-order valence-electron chi connectivity index (χ1n) is 9.52. The van der Waals surface area contributed by atoms with Gasteiger partial charge < -0.3 is 15.0 Å². The van der Waals surface area contributed by atoms with Crippen molar-refractivity contribution < 1.29 is 9.53 Å². The first-order chi connectivity index (χ1) is 13.7. The van der Waals surface area contributed by atoms with Gasteiger partial charge in [0.1, 0.15) is 11.8 Å². The van der Waals surface area contributed by atoms with Crippen LogP contribution in [-0.4, -0.2) is 19.6 Å². The highest BCUT2D eigenvalue weighted by atomic mass is 16.5. The smallest absolute Gasteiger partial charge is 0.251 e. The van der Waals surface area contributed by atoms with Crippen LogP contribution in [0, 0.1) is 6.92 Å². The molecular weight excluding hydrogens is 348 g/mol. The third kappa shape index (κ3) is 3.46. The Morgan fingerprint density at radius 2 is 1.79 bits per heavy atom. The lowest BCUT2D eigenvalue weighted by Gasteiger charge is -2.30. The van der Waals surface area contributed by atoms with Gasteiger partial charge in [-0.25, -0.2) is 0 Å². The molecule has 4 rings (SSSR count). The molecule has 0 aliphatic carbocycles. The van der Waals surface area contributed by atoms with E-state index in [2.05, 4.69) is 28.4 Å². The van der Waals surface area contributed by atoms with E-state index < -0.39 is 6.04 Å². The van der Waals surface area contributed by atoms with E-state index >= 15 is 0 Å². The van der Waals surface area contributed by atoms with Crippen LogP contribution in [0.4, 0.5) is 11.4 Å². The molecule has 1 atom stereocenters. The molecule has 1 heterocycles. The maximum Gasteiger partial charge on any atom is 0.251 e. The maximum atomic E-state index is 13.5. The monoisotopic (exact) mass is 372 g/mol. The number of hydrogen-bond acceptors (Lipinski definition) is 3. The highest BCUT2D eigenvalue weighted by molar-refractivity contribution is 5.99. The van der Waals surface area contributed by atoms with Crippen LogP contribution >= 0.6 is 0 Å². The lowest BCUT2D eigenvalue weighted by Crippen LogP contribution is -2.36. The summed E-state index contributed by atoms with van der Waals surface area (Å²) in [6.07, 6.45) is 0.945. The number of para-hydroxylation sites is 1. The quantitative estimate of drug-likeness (QED) is 0.703. The minimum absolute atomic E-state index is 0.0631. The summed E-state index contributed by atoms with van der Waals surface area (Å²) >= 11 is 0. The van der Waals surface area contributed by atoms with E-state index in [1.165, 1.54) is 5.56 Å². The summed E-state index contributed by atoms with van der Waals surface area (Å²) in [6, 6.07) is 23.7. The first-order valence-corrected chi connectivity index (χ1v) is 9.52. The van der Waals surface area contributed by atoms with Gasteiger partial charge in [0.25, 0.3) is 5.91 Å². The Morgan fingerprint density at radius 1 is 1.04 bits per heavy atom. The van der Waals surface area contributed by atoms with E-state index in [-0.39, 0.29) is 5.91 Å². The fourth-order valence-electron chi connectivity index (χ4n) is 3.86. The van der Waals surface area contributed by atoms with Gasteiger partial charge in [-0.1, -0.05) is 54.6 Å². The van der Waals surface area contributed by atoms with Crippen LogP contribution in [0.25, 0.3) is 0 Å². The number of ether oxygens (including phenoxy) is 1. The van der Waals surface area contributed by atoms with Crippen molar-refractivity contribution in [1.82, 2.24) is 0 Å². The number of amides is 1. The lowest BCUT2D eigenvalue weighted by molar-refractivity contribution is -0.117. The van der Waals surface area contributed by atoms with Crippen LogP contribution in [0.3, 0.4) is 0 Å². The summed E-state index contributed by atoms with van der Waals surface area (Å²) in [6.45, 7) is 2.82. The minimum Gasteiger partial charge on any atom is -0.495 e. The summed E-state index contributed by atoms with van der Waals surface area (Å²) in [7, 11) is 1.62. The Labute approximate surface area is 165 Å². The molecule has 1 amide bonds. The highest BCUT2D eigenvalue weighted by Crippen LogP contribution is 2.36. The van der Waals surface area contributed by atoms with Gasteiger partial charge in [0, 0.05) is 12.2 Å². The molecule has 1 aliphatic heterocycles. The standard InChI is InChI=1S/C24H24N2O2/c1-17-12-13-22(28-2)20(16-17)25-24(27)23(19-9-4-3-5-10-19)26-15-14-18-8-6-7-11-21(18)26/h3-13,16,23H,14-15H2,1-2H3,(H,25,27)/t23-/m0/s1. The number of aryl methyl sites for hydroxylation is 1. The fourth-order valence-corrected chi connectivity index (χ4v) is 3.86. The Hall–Kier alpha value is -3.27. The number of rotatable bonds is 5. The van der Waals surface area contributed by atoms with Crippen LogP contribution in [0.5, 0.6) is 5.75 Å². The molecule has 0 radical (unpaired) electrons. The van der Waals surface area contributed by atoms with E-state index in [4.69, 9.17) is 4.74 Å². The van der Waals surface area contributed by atoms with E-state index in [1.54, 1.807) is 7.11 Å². The van der Waals surface area contributed by atoms with E-state index in [0.717, 1.165) is 29.8 Å². The van der Waals surface area contributed by atoms with Gasteiger partial charge in [-0.15, -0.1) is 0 Å². The summed E-state index contributed by atoms with van der Waals surface area (Å²) in [4.78, 5) is 15.7. The van der Waals surface area contributed by atoms with Crippen LogP contribution in [0.15, 0.2) is 72.8 Å². The minimum atomic E-state index is -0.407. The molecule has 0 bridgehead atoms. The molecule has 142 valence electrons. The van der Waals surface area contributed by atoms with Gasteiger partial charge in [0.15, 0.2) is 0 Å². The van der Waals surface area contributed by atoms with Crippen molar-refractivity contribution in [3.63, 3.8) is 0 Å². The topological polar surface area (TPSA) is 41.6 Å². The molecule has 1 aliphatic rings. The number of anilines is 2. The van der Waals surface area contributed by atoms with Crippen molar-refractivity contribution in [2.75, 3.05) is 23.9 Å². The predicted molar refractivity (Wildman–Crippen MR) is 113 cm³/mol. The Kier molecular flexibility index (Phi) is 5.02. The second kappa shape index (κ2) is 7.77. The zero-order valence-corrected chi connectivity index (χ0v) is 16.2.